The van der Waals surface area contributed by atoms with Gasteiger partial charge in [0.1, 0.15) is 3.57 Å². The Morgan fingerprint density at radius 2 is 2.21 bits per heavy atom. The molecule has 1 rings (SSSR count). The third-order valence-electron chi connectivity index (χ3n) is 1.37. The van der Waals surface area contributed by atoms with Crippen LogP contribution in [0.5, 0.6) is 0 Å². The zero-order valence-electron chi connectivity index (χ0n) is 6.38. The van der Waals surface area contributed by atoms with Gasteiger partial charge in [-0.1, -0.05) is 11.6 Å². The molecule has 1 aromatic heterocycles. The molecule has 4 nitrogen and oxygen atoms in total. The second-order valence-electron chi connectivity index (χ2n) is 2.21. The van der Waals surface area contributed by atoms with Crippen molar-refractivity contribution >= 4 is 39.9 Å². The van der Waals surface area contributed by atoms with Crippen molar-refractivity contribution in [3.05, 3.63) is 30.6 Å². The van der Waals surface area contributed by atoms with E-state index in [1.807, 2.05) is 0 Å². The Morgan fingerprint density at radius 3 is 2.64 bits per heavy atom. The van der Waals surface area contributed by atoms with E-state index in [1.54, 1.807) is 0 Å². The van der Waals surface area contributed by atoms with Gasteiger partial charge >= 0.3 is 5.69 Å². The Kier molecular flexibility index (Phi) is 3.53. The van der Waals surface area contributed by atoms with Gasteiger partial charge in [-0.25, -0.2) is 13.8 Å². The van der Waals surface area contributed by atoms with E-state index in [4.69, 9.17) is 11.6 Å². The van der Waals surface area contributed by atoms with Crippen molar-refractivity contribution in [3.8, 4) is 0 Å². The van der Waals surface area contributed by atoms with Crippen molar-refractivity contribution in [3.63, 3.8) is 0 Å². The van der Waals surface area contributed by atoms with Crippen LogP contribution in [0.1, 0.15) is 12.1 Å². The molecule has 8 heteroatoms. The minimum Gasteiger partial charge on any atom is -0.258 e. The highest BCUT2D eigenvalue weighted by Crippen LogP contribution is 2.34. The molecule has 0 aromatic carbocycles. The Labute approximate surface area is 95.6 Å². The summed E-state index contributed by atoms with van der Waals surface area (Å²) in [6.07, 6.45) is -2.01. The molecule has 1 aromatic rings. The van der Waals surface area contributed by atoms with Crippen molar-refractivity contribution in [1.29, 1.82) is 0 Å². The van der Waals surface area contributed by atoms with Crippen molar-refractivity contribution in [2.45, 2.75) is 6.43 Å². The second-order valence-corrected chi connectivity index (χ2v) is 3.70. The van der Waals surface area contributed by atoms with Crippen LogP contribution >= 0.6 is 34.2 Å². The van der Waals surface area contributed by atoms with Crippen LogP contribution in [0.15, 0.2) is 6.20 Å². The zero-order valence-corrected chi connectivity index (χ0v) is 9.29. The lowest BCUT2D eigenvalue weighted by Crippen LogP contribution is -2.02. The van der Waals surface area contributed by atoms with Crippen molar-refractivity contribution in [2.75, 3.05) is 0 Å². The highest BCUT2D eigenvalue weighted by atomic mass is 127. The Balaban J connectivity index is 3.45. The third-order valence-corrected chi connectivity index (χ3v) is 3.06. The van der Waals surface area contributed by atoms with Crippen molar-refractivity contribution in [1.82, 2.24) is 4.98 Å². The number of nitrogens with zero attached hydrogens (tertiary/aromatic N) is 2. The summed E-state index contributed by atoms with van der Waals surface area (Å²) in [4.78, 5) is 12.8. The van der Waals surface area contributed by atoms with Gasteiger partial charge in [-0.3, -0.25) is 10.1 Å². The fraction of sp³-hybridized carbons (Fsp3) is 0.167. The van der Waals surface area contributed by atoms with Crippen LogP contribution in [0.4, 0.5) is 14.5 Å². The van der Waals surface area contributed by atoms with Crippen LogP contribution in [-0.2, 0) is 0 Å². The summed E-state index contributed by atoms with van der Waals surface area (Å²) in [5.74, 6) is 0. The summed E-state index contributed by atoms with van der Waals surface area (Å²) >= 11 is 7.05. The molecule has 0 amide bonds. The summed E-state index contributed by atoms with van der Waals surface area (Å²) in [5.41, 5.74) is -1.59. The number of nitro groups is 1. The largest absolute Gasteiger partial charge is 0.311 e. The monoisotopic (exact) mass is 334 g/mol. The van der Waals surface area contributed by atoms with Crippen LogP contribution in [0.2, 0.25) is 5.02 Å². The quantitative estimate of drug-likeness (QED) is 0.474. The van der Waals surface area contributed by atoms with Crippen LogP contribution in [-0.4, -0.2) is 9.91 Å². The van der Waals surface area contributed by atoms with E-state index in [-0.39, 0.29) is 8.59 Å². The van der Waals surface area contributed by atoms with Gasteiger partial charge in [-0.05, 0) is 22.6 Å². The number of aromatic nitrogens is 1. The van der Waals surface area contributed by atoms with Gasteiger partial charge < -0.3 is 0 Å². The van der Waals surface area contributed by atoms with Gasteiger partial charge in [0.05, 0.1) is 9.95 Å². The molecule has 0 saturated carbocycles. The predicted molar refractivity (Wildman–Crippen MR) is 53.6 cm³/mol. The van der Waals surface area contributed by atoms with E-state index in [2.05, 4.69) is 4.98 Å². The first kappa shape index (κ1) is 11.5. The molecule has 0 N–H and O–H groups in total. The molecule has 0 fully saturated rings. The fourth-order valence-corrected chi connectivity index (χ4v) is 1.55. The lowest BCUT2D eigenvalue weighted by Gasteiger charge is -2.03. The van der Waals surface area contributed by atoms with Gasteiger partial charge in [-0.15, -0.1) is 0 Å². The zero-order chi connectivity index (χ0) is 10.9. The minimum atomic E-state index is -2.99. The summed E-state index contributed by atoms with van der Waals surface area (Å²) in [7, 11) is 0. The van der Waals surface area contributed by atoms with Gasteiger partial charge in [0, 0.05) is 6.20 Å². The minimum absolute atomic E-state index is 0.0123. The van der Waals surface area contributed by atoms with Crippen LogP contribution in [0, 0.1) is 13.7 Å². The summed E-state index contributed by atoms with van der Waals surface area (Å²) < 4.78 is 24.5. The van der Waals surface area contributed by atoms with Crippen LogP contribution in [0.25, 0.3) is 0 Å². The first-order valence-corrected chi connectivity index (χ1v) is 4.67. The first-order valence-electron chi connectivity index (χ1n) is 3.21. The fourth-order valence-electron chi connectivity index (χ4n) is 0.803. The number of rotatable bonds is 2. The molecule has 0 aliphatic carbocycles. The average molecular weight is 334 g/mol. The molecule has 14 heavy (non-hydrogen) atoms. The van der Waals surface area contributed by atoms with Crippen LogP contribution < -0.4 is 0 Å². The maximum atomic E-state index is 12.3. The molecule has 76 valence electrons. The number of hydrogen-bond donors (Lipinski definition) is 0. The Bertz CT molecular complexity index is 388. The second kappa shape index (κ2) is 4.30. The van der Waals surface area contributed by atoms with E-state index >= 15 is 0 Å². The van der Waals surface area contributed by atoms with E-state index in [0.717, 1.165) is 6.20 Å². The first-order chi connectivity index (χ1) is 6.45. The molecule has 1 heterocycles. The summed E-state index contributed by atoms with van der Waals surface area (Å²) in [6, 6.07) is 0. The average Bonchev–Trinajstić information content (AvgIpc) is 2.08. The van der Waals surface area contributed by atoms with Crippen molar-refractivity contribution < 1.29 is 13.7 Å². The lowest BCUT2D eigenvalue weighted by atomic mass is 10.3. The molecule has 0 radical (unpaired) electrons. The summed E-state index contributed by atoms with van der Waals surface area (Å²) in [6.45, 7) is 0. The molecule has 0 spiro atoms. The Hall–Kier alpha value is -0.570. The molecule has 0 bridgehead atoms. The molecular formula is C6H2ClF2IN2O2. The van der Waals surface area contributed by atoms with Gasteiger partial charge in [-0.2, -0.15) is 0 Å². The van der Waals surface area contributed by atoms with E-state index in [9.17, 15) is 18.9 Å². The molecule has 0 aliphatic rings. The van der Waals surface area contributed by atoms with Crippen LogP contribution in [0.3, 0.4) is 0 Å². The molecule has 0 aliphatic heterocycles. The van der Waals surface area contributed by atoms with Gasteiger partial charge in [0.2, 0.25) is 0 Å². The molecule has 0 saturated heterocycles. The topological polar surface area (TPSA) is 56.0 Å². The maximum absolute atomic E-state index is 12.3. The number of hydrogen-bond acceptors (Lipinski definition) is 3. The summed E-state index contributed by atoms with van der Waals surface area (Å²) in [5, 5.41) is 10.5. The molecule has 0 unspecified atom stereocenters. The van der Waals surface area contributed by atoms with Crippen molar-refractivity contribution in [2.24, 2.45) is 0 Å². The molecular weight excluding hydrogens is 332 g/mol. The highest BCUT2D eigenvalue weighted by molar-refractivity contribution is 14.1. The predicted octanol–water partition coefficient (Wildman–Crippen LogP) is 3.19. The van der Waals surface area contributed by atoms with E-state index in [0.29, 0.717) is 0 Å². The van der Waals surface area contributed by atoms with Gasteiger partial charge in [0.25, 0.3) is 6.43 Å². The third kappa shape index (κ3) is 2.08. The number of pyridine rings is 1. The lowest BCUT2D eigenvalue weighted by molar-refractivity contribution is -0.387. The number of alkyl halides is 2. The van der Waals surface area contributed by atoms with E-state index in [1.165, 1.54) is 22.6 Å². The number of halogens is 4. The highest BCUT2D eigenvalue weighted by Gasteiger charge is 2.28. The SMILES string of the molecule is O=[N+]([O-])c1c(C(F)F)ncc(Cl)c1I. The standard InChI is InChI=1S/C6H2ClF2IN2O2/c7-2-1-11-4(6(8)9)5(3(2)10)12(13)14/h1,6H. The molecule has 0 atom stereocenters. The Morgan fingerprint density at radius 1 is 1.64 bits per heavy atom. The normalized spacial score (nSPS) is 10.6. The maximum Gasteiger partial charge on any atom is 0.311 e. The smallest absolute Gasteiger partial charge is 0.258 e. The van der Waals surface area contributed by atoms with E-state index < -0.39 is 22.7 Å². The van der Waals surface area contributed by atoms with Gasteiger partial charge in [0.15, 0.2) is 5.69 Å².